The Morgan fingerprint density at radius 3 is 2.41 bits per heavy atom. The van der Waals surface area contributed by atoms with E-state index in [1.165, 1.54) is 42.5 Å². The highest BCUT2D eigenvalue weighted by atomic mass is 32.1. The van der Waals surface area contributed by atoms with Crippen LogP contribution in [0.5, 0.6) is 0 Å². The average Bonchev–Trinajstić information content (AvgIpc) is 2.95. The maximum absolute atomic E-state index is 11.7. The van der Waals surface area contributed by atoms with Crippen LogP contribution in [0.3, 0.4) is 0 Å². The Hall–Kier alpha value is -3.00. The minimum Gasteiger partial charge on any atom is -0.478 e. The van der Waals surface area contributed by atoms with Crippen molar-refractivity contribution in [2.75, 3.05) is 5.32 Å². The second-order valence-corrected chi connectivity index (χ2v) is 5.23. The summed E-state index contributed by atoms with van der Waals surface area (Å²) in [7, 11) is 0. The van der Waals surface area contributed by atoms with E-state index in [9.17, 15) is 19.7 Å². The fourth-order valence-corrected chi connectivity index (χ4v) is 2.29. The van der Waals surface area contributed by atoms with Crippen LogP contribution in [0.2, 0.25) is 0 Å². The van der Waals surface area contributed by atoms with Gasteiger partial charge in [0.2, 0.25) is 5.91 Å². The fraction of sp³-hybridized carbons (Fsp3) is 0. The highest BCUT2D eigenvalue weighted by molar-refractivity contribution is 7.16. The van der Waals surface area contributed by atoms with Crippen molar-refractivity contribution in [3.8, 4) is 0 Å². The van der Waals surface area contributed by atoms with Crippen LogP contribution in [0.4, 0.5) is 10.7 Å². The van der Waals surface area contributed by atoms with Crippen molar-refractivity contribution >= 4 is 40.0 Å². The Balaban J connectivity index is 1.98. The molecule has 0 aliphatic rings. The van der Waals surface area contributed by atoms with E-state index < -0.39 is 16.8 Å². The molecule has 1 aromatic carbocycles. The molecule has 2 aromatic rings. The number of thiophene rings is 1. The van der Waals surface area contributed by atoms with E-state index in [0.29, 0.717) is 10.6 Å². The molecule has 0 aliphatic heterocycles. The first-order valence-corrected chi connectivity index (χ1v) is 6.84. The third kappa shape index (κ3) is 4.00. The average molecular weight is 318 g/mol. The van der Waals surface area contributed by atoms with Crippen molar-refractivity contribution in [1.82, 2.24) is 0 Å². The number of anilines is 1. The standard InChI is InChI=1S/C14H10N2O5S/c17-12(7-5-11-6-8-13(22-11)16(20)21)15-10-3-1-9(2-4-10)14(18)19/h1-8H,(H,15,17)(H,18,19)/b7-5+. The normalized spacial score (nSPS) is 10.5. The number of carbonyl (C=O) groups is 2. The Bertz CT molecular complexity index is 749. The van der Waals surface area contributed by atoms with Crippen molar-refractivity contribution in [3.63, 3.8) is 0 Å². The molecule has 0 aliphatic carbocycles. The van der Waals surface area contributed by atoms with Crippen molar-refractivity contribution in [2.45, 2.75) is 0 Å². The van der Waals surface area contributed by atoms with Gasteiger partial charge in [0.05, 0.1) is 10.5 Å². The second kappa shape index (κ2) is 6.64. The van der Waals surface area contributed by atoms with Gasteiger partial charge < -0.3 is 10.4 Å². The van der Waals surface area contributed by atoms with Crippen LogP contribution in [-0.2, 0) is 4.79 Å². The SMILES string of the molecule is O=C(/C=C/c1ccc([N+](=O)[O-])s1)Nc1ccc(C(=O)O)cc1. The number of hydrogen-bond donors (Lipinski definition) is 2. The van der Waals surface area contributed by atoms with Gasteiger partial charge in [-0.3, -0.25) is 14.9 Å². The van der Waals surface area contributed by atoms with Crippen molar-refractivity contribution < 1.29 is 19.6 Å². The summed E-state index contributed by atoms with van der Waals surface area (Å²) in [5.74, 6) is -1.46. The Kier molecular flexibility index (Phi) is 4.64. The molecule has 1 amide bonds. The first kappa shape index (κ1) is 15.4. The Morgan fingerprint density at radius 1 is 1.18 bits per heavy atom. The van der Waals surface area contributed by atoms with E-state index >= 15 is 0 Å². The zero-order valence-electron chi connectivity index (χ0n) is 11.1. The molecule has 0 fully saturated rings. The van der Waals surface area contributed by atoms with Gasteiger partial charge in [0, 0.05) is 22.7 Å². The van der Waals surface area contributed by atoms with Crippen molar-refractivity contribution in [1.29, 1.82) is 0 Å². The summed E-state index contributed by atoms with van der Waals surface area (Å²) in [6.45, 7) is 0. The quantitative estimate of drug-likeness (QED) is 0.500. The van der Waals surface area contributed by atoms with Crippen LogP contribution < -0.4 is 5.32 Å². The third-order valence-electron chi connectivity index (χ3n) is 2.59. The van der Waals surface area contributed by atoms with Gasteiger partial charge in [-0.05, 0) is 36.4 Å². The van der Waals surface area contributed by atoms with E-state index in [-0.39, 0.29) is 10.6 Å². The smallest absolute Gasteiger partial charge is 0.335 e. The molecule has 0 radical (unpaired) electrons. The summed E-state index contributed by atoms with van der Waals surface area (Å²) in [6.07, 6.45) is 2.72. The molecule has 0 unspecified atom stereocenters. The highest BCUT2D eigenvalue weighted by Gasteiger charge is 2.08. The summed E-state index contributed by atoms with van der Waals surface area (Å²) in [6, 6.07) is 8.63. The van der Waals surface area contributed by atoms with Crippen LogP contribution in [0.15, 0.2) is 42.5 Å². The number of rotatable bonds is 5. The monoisotopic (exact) mass is 318 g/mol. The number of nitrogens with zero attached hydrogens (tertiary/aromatic N) is 1. The second-order valence-electron chi connectivity index (χ2n) is 4.14. The lowest BCUT2D eigenvalue weighted by atomic mass is 10.2. The van der Waals surface area contributed by atoms with Gasteiger partial charge in [0.15, 0.2) is 0 Å². The Labute approximate surface area is 128 Å². The number of carboxylic acids is 1. The van der Waals surface area contributed by atoms with E-state index in [0.717, 1.165) is 11.3 Å². The van der Waals surface area contributed by atoms with Crippen LogP contribution in [0.1, 0.15) is 15.2 Å². The molecular weight excluding hydrogens is 308 g/mol. The molecular formula is C14H10N2O5S. The van der Waals surface area contributed by atoms with Gasteiger partial charge in [0.1, 0.15) is 0 Å². The minimum absolute atomic E-state index is 0.00400. The maximum Gasteiger partial charge on any atom is 0.335 e. The van der Waals surface area contributed by atoms with E-state index in [1.54, 1.807) is 6.07 Å². The summed E-state index contributed by atoms with van der Waals surface area (Å²) < 4.78 is 0. The van der Waals surface area contributed by atoms with Gasteiger partial charge >= 0.3 is 11.0 Å². The molecule has 0 atom stereocenters. The van der Waals surface area contributed by atoms with Crippen molar-refractivity contribution in [3.05, 3.63) is 63.0 Å². The number of amides is 1. The number of benzene rings is 1. The minimum atomic E-state index is -1.04. The zero-order valence-corrected chi connectivity index (χ0v) is 11.9. The molecule has 2 N–H and O–H groups in total. The molecule has 112 valence electrons. The van der Waals surface area contributed by atoms with E-state index in [2.05, 4.69) is 5.32 Å². The predicted molar refractivity (Wildman–Crippen MR) is 82.0 cm³/mol. The first-order chi connectivity index (χ1) is 10.5. The maximum atomic E-state index is 11.7. The lowest BCUT2D eigenvalue weighted by Gasteiger charge is -2.02. The summed E-state index contributed by atoms with van der Waals surface area (Å²) in [4.78, 5) is 33.0. The molecule has 1 aromatic heterocycles. The molecule has 0 saturated carbocycles. The number of nitrogens with one attached hydrogen (secondary N) is 1. The lowest BCUT2D eigenvalue weighted by molar-refractivity contribution is -0.380. The van der Waals surface area contributed by atoms with Gasteiger partial charge in [-0.15, -0.1) is 0 Å². The molecule has 22 heavy (non-hydrogen) atoms. The molecule has 7 nitrogen and oxygen atoms in total. The molecule has 0 saturated heterocycles. The molecule has 0 spiro atoms. The predicted octanol–water partition coefficient (Wildman–Crippen LogP) is 3.01. The fourth-order valence-electron chi connectivity index (χ4n) is 1.57. The number of hydrogen-bond acceptors (Lipinski definition) is 5. The lowest BCUT2D eigenvalue weighted by Crippen LogP contribution is -2.07. The van der Waals surface area contributed by atoms with Gasteiger partial charge in [-0.2, -0.15) is 0 Å². The van der Waals surface area contributed by atoms with Crippen LogP contribution in [0.25, 0.3) is 6.08 Å². The summed E-state index contributed by atoms with van der Waals surface area (Å²) in [5, 5.41) is 21.9. The molecule has 1 heterocycles. The topological polar surface area (TPSA) is 110 Å². The molecule has 2 rings (SSSR count). The van der Waals surface area contributed by atoms with Crippen LogP contribution in [0, 0.1) is 10.1 Å². The number of carbonyl (C=O) groups excluding carboxylic acids is 1. The number of nitro groups is 1. The van der Waals surface area contributed by atoms with Crippen LogP contribution >= 0.6 is 11.3 Å². The van der Waals surface area contributed by atoms with Gasteiger partial charge in [-0.25, -0.2) is 4.79 Å². The molecule has 8 heteroatoms. The van der Waals surface area contributed by atoms with E-state index in [4.69, 9.17) is 5.11 Å². The van der Waals surface area contributed by atoms with E-state index in [1.807, 2.05) is 0 Å². The summed E-state index contributed by atoms with van der Waals surface area (Å²) in [5.41, 5.74) is 0.580. The molecule has 0 bridgehead atoms. The largest absolute Gasteiger partial charge is 0.478 e. The zero-order chi connectivity index (χ0) is 16.1. The van der Waals surface area contributed by atoms with Crippen molar-refractivity contribution in [2.24, 2.45) is 0 Å². The van der Waals surface area contributed by atoms with Gasteiger partial charge in [-0.1, -0.05) is 11.3 Å². The number of aromatic carboxylic acids is 1. The van der Waals surface area contributed by atoms with Crippen LogP contribution in [-0.4, -0.2) is 21.9 Å². The summed E-state index contributed by atoms with van der Waals surface area (Å²) >= 11 is 0.963. The highest BCUT2D eigenvalue weighted by Crippen LogP contribution is 2.24. The number of carboxylic acid groups (broad SMARTS) is 1. The van der Waals surface area contributed by atoms with Gasteiger partial charge in [0.25, 0.3) is 0 Å². The Morgan fingerprint density at radius 2 is 1.86 bits per heavy atom. The first-order valence-electron chi connectivity index (χ1n) is 6.02. The third-order valence-corrected chi connectivity index (χ3v) is 3.59.